The van der Waals surface area contributed by atoms with Gasteiger partial charge in [0.1, 0.15) is 5.60 Å². The van der Waals surface area contributed by atoms with Crippen molar-refractivity contribution in [2.75, 3.05) is 6.61 Å². The maximum Gasteiger partial charge on any atom is 0.258 e. The zero-order valence-corrected chi connectivity index (χ0v) is 16.0. The Bertz CT molecular complexity index is 1100. The van der Waals surface area contributed by atoms with Crippen LogP contribution in [-0.2, 0) is 17.8 Å². The lowest BCUT2D eigenvalue weighted by Gasteiger charge is -2.18. The minimum Gasteiger partial charge on any atom is -0.483 e. The van der Waals surface area contributed by atoms with E-state index in [2.05, 4.69) is 20.4 Å². The number of hydrogen-bond acceptors (Lipinski definition) is 7. The van der Waals surface area contributed by atoms with Crippen LogP contribution >= 0.6 is 0 Å². The highest BCUT2D eigenvalue weighted by Gasteiger charge is 2.32. The van der Waals surface area contributed by atoms with E-state index in [1.807, 2.05) is 26.0 Å². The number of amides is 1. The van der Waals surface area contributed by atoms with Crippen LogP contribution < -0.4 is 20.3 Å². The van der Waals surface area contributed by atoms with Gasteiger partial charge < -0.3 is 24.3 Å². The molecule has 3 heterocycles. The number of carbonyl (C=O) groups is 1. The molecule has 4 rings (SSSR count). The molecule has 1 amide bonds. The number of pyridine rings is 1. The topological polar surface area (TPSA) is 119 Å². The first kappa shape index (κ1) is 18.7. The van der Waals surface area contributed by atoms with Gasteiger partial charge in [-0.25, -0.2) is 0 Å². The Labute approximate surface area is 166 Å². The number of rotatable bonds is 6. The van der Waals surface area contributed by atoms with Gasteiger partial charge in [0.05, 0.1) is 6.54 Å². The zero-order valence-electron chi connectivity index (χ0n) is 16.0. The lowest BCUT2D eigenvalue weighted by Crippen LogP contribution is -2.28. The maximum atomic E-state index is 12.1. The highest BCUT2D eigenvalue weighted by atomic mass is 16.5. The van der Waals surface area contributed by atoms with Crippen molar-refractivity contribution in [1.29, 1.82) is 0 Å². The van der Waals surface area contributed by atoms with Crippen LogP contribution in [0.25, 0.3) is 11.4 Å². The van der Waals surface area contributed by atoms with Gasteiger partial charge in [-0.15, -0.1) is 0 Å². The normalized spacial score (nSPS) is 14.1. The van der Waals surface area contributed by atoms with Crippen LogP contribution in [0.2, 0.25) is 0 Å². The number of nitrogens with zero attached hydrogens (tertiary/aromatic N) is 2. The molecule has 3 aromatic rings. The Morgan fingerprint density at radius 1 is 1.34 bits per heavy atom. The monoisotopic (exact) mass is 396 g/mol. The van der Waals surface area contributed by atoms with Gasteiger partial charge in [0, 0.05) is 29.8 Å². The number of aromatic amines is 1. The average Bonchev–Trinajstić information content (AvgIpc) is 3.27. The quantitative estimate of drug-likeness (QED) is 0.652. The molecular weight excluding hydrogens is 376 g/mol. The highest BCUT2D eigenvalue weighted by Crippen LogP contribution is 2.41. The van der Waals surface area contributed by atoms with Gasteiger partial charge in [0.15, 0.2) is 18.1 Å². The molecule has 1 aliphatic rings. The molecule has 0 aliphatic carbocycles. The summed E-state index contributed by atoms with van der Waals surface area (Å²) in [5.74, 6) is 1.38. The number of nitrogens with one attached hydrogen (secondary N) is 2. The fraction of sp³-hybridized carbons (Fsp3) is 0.300. The predicted molar refractivity (Wildman–Crippen MR) is 103 cm³/mol. The summed E-state index contributed by atoms with van der Waals surface area (Å²) in [7, 11) is 0. The molecule has 150 valence electrons. The standard InChI is InChI=1S/C20H20N4O5/c1-20(2)9-13-4-3-5-14(18(13)28-20)27-11-16(26)22-10-17-23-19(24-29-17)12-6-7-21-15(25)8-12/h3-8H,9-11H2,1-2H3,(H,21,25)(H,22,26). The summed E-state index contributed by atoms with van der Waals surface area (Å²) in [5.41, 5.74) is 1.04. The van der Waals surface area contributed by atoms with Crippen molar-refractivity contribution in [2.24, 2.45) is 0 Å². The van der Waals surface area contributed by atoms with E-state index in [1.165, 1.54) is 12.3 Å². The summed E-state index contributed by atoms with van der Waals surface area (Å²) >= 11 is 0. The van der Waals surface area contributed by atoms with E-state index in [0.29, 0.717) is 17.1 Å². The molecule has 0 radical (unpaired) electrons. The molecule has 1 aromatic carbocycles. The van der Waals surface area contributed by atoms with Crippen molar-refractivity contribution in [3.05, 3.63) is 58.3 Å². The van der Waals surface area contributed by atoms with Crippen LogP contribution in [0, 0.1) is 0 Å². The molecule has 9 heteroatoms. The van der Waals surface area contributed by atoms with Crippen molar-refractivity contribution < 1.29 is 18.8 Å². The third-order valence-electron chi connectivity index (χ3n) is 4.35. The van der Waals surface area contributed by atoms with Crippen LogP contribution in [0.5, 0.6) is 11.5 Å². The van der Waals surface area contributed by atoms with Crippen molar-refractivity contribution in [2.45, 2.75) is 32.4 Å². The summed E-state index contributed by atoms with van der Waals surface area (Å²) in [4.78, 5) is 30.2. The lowest BCUT2D eigenvalue weighted by molar-refractivity contribution is -0.123. The van der Waals surface area contributed by atoms with Crippen LogP contribution in [0.1, 0.15) is 25.3 Å². The number of aromatic nitrogens is 3. The second-order valence-electron chi connectivity index (χ2n) is 7.30. The number of carbonyl (C=O) groups excluding carboxylic acids is 1. The number of ether oxygens (including phenoxy) is 2. The van der Waals surface area contributed by atoms with Gasteiger partial charge in [-0.1, -0.05) is 17.3 Å². The molecule has 0 spiro atoms. The van der Waals surface area contributed by atoms with E-state index in [4.69, 9.17) is 14.0 Å². The number of H-pyrrole nitrogens is 1. The van der Waals surface area contributed by atoms with E-state index in [-0.39, 0.29) is 41.9 Å². The van der Waals surface area contributed by atoms with Crippen LogP contribution in [0.15, 0.2) is 45.8 Å². The van der Waals surface area contributed by atoms with Crippen LogP contribution in [0.4, 0.5) is 0 Å². The van der Waals surface area contributed by atoms with Gasteiger partial charge in [-0.2, -0.15) is 4.98 Å². The summed E-state index contributed by atoms with van der Waals surface area (Å²) in [5, 5.41) is 6.47. The van der Waals surface area contributed by atoms with E-state index in [0.717, 1.165) is 12.0 Å². The smallest absolute Gasteiger partial charge is 0.258 e. The molecular formula is C20H20N4O5. The Morgan fingerprint density at radius 2 is 2.21 bits per heavy atom. The summed E-state index contributed by atoms with van der Waals surface area (Å²) < 4.78 is 16.7. The first-order valence-corrected chi connectivity index (χ1v) is 9.12. The van der Waals surface area contributed by atoms with Gasteiger partial charge in [-0.3, -0.25) is 9.59 Å². The highest BCUT2D eigenvalue weighted by molar-refractivity contribution is 5.77. The largest absolute Gasteiger partial charge is 0.483 e. The molecule has 0 unspecified atom stereocenters. The molecule has 0 saturated carbocycles. The van der Waals surface area contributed by atoms with Crippen LogP contribution in [-0.4, -0.2) is 33.2 Å². The first-order chi connectivity index (χ1) is 13.9. The summed E-state index contributed by atoms with van der Waals surface area (Å²) in [6.07, 6.45) is 2.29. The molecule has 0 bridgehead atoms. The molecule has 0 saturated heterocycles. The van der Waals surface area contributed by atoms with E-state index in [9.17, 15) is 9.59 Å². The molecule has 0 fully saturated rings. The minimum atomic E-state index is -0.337. The van der Waals surface area contributed by atoms with Crippen molar-refractivity contribution >= 4 is 5.91 Å². The fourth-order valence-electron chi connectivity index (χ4n) is 3.10. The van der Waals surface area contributed by atoms with Crippen molar-refractivity contribution in [3.8, 4) is 22.9 Å². The third kappa shape index (κ3) is 4.29. The number of benzene rings is 1. The Morgan fingerprint density at radius 3 is 3.03 bits per heavy atom. The summed E-state index contributed by atoms with van der Waals surface area (Å²) in [6, 6.07) is 8.67. The van der Waals surface area contributed by atoms with Gasteiger partial charge in [0.25, 0.3) is 5.91 Å². The zero-order chi connectivity index (χ0) is 20.4. The van der Waals surface area contributed by atoms with Crippen molar-refractivity contribution in [3.63, 3.8) is 0 Å². The first-order valence-electron chi connectivity index (χ1n) is 9.12. The average molecular weight is 396 g/mol. The van der Waals surface area contributed by atoms with E-state index >= 15 is 0 Å². The van der Waals surface area contributed by atoms with Crippen molar-refractivity contribution in [1.82, 2.24) is 20.4 Å². The van der Waals surface area contributed by atoms with Gasteiger partial charge in [0.2, 0.25) is 17.3 Å². The predicted octanol–water partition coefficient (Wildman–Crippen LogP) is 1.83. The lowest BCUT2D eigenvalue weighted by atomic mass is 10.0. The van der Waals surface area contributed by atoms with E-state index < -0.39 is 0 Å². The molecule has 1 aliphatic heterocycles. The Hall–Kier alpha value is -3.62. The fourth-order valence-corrected chi connectivity index (χ4v) is 3.10. The van der Waals surface area contributed by atoms with Gasteiger partial charge in [-0.05, 0) is 26.0 Å². The molecule has 29 heavy (non-hydrogen) atoms. The van der Waals surface area contributed by atoms with E-state index in [1.54, 1.807) is 12.1 Å². The second kappa shape index (κ2) is 7.42. The third-order valence-corrected chi connectivity index (χ3v) is 4.35. The summed E-state index contributed by atoms with van der Waals surface area (Å²) in [6.45, 7) is 3.89. The maximum absolute atomic E-state index is 12.1. The molecule has 0 atom stereocenters. The van der Waals surface area contributed by atoms with Gasteiger partial charge >= 0.3 is 0 Å². The Balaban J connectivity index is 1.32. The minimum absolute atomic E-state index is 0.0504. The second-order valence-corrected chi connectivity index (χ2v) is 7.30. The molecule has 2 N–H and O–H groups in total. The Kier molecular flexibility index (Phi) is 4.79. The number of para-hydroxylation sites is 1. The molecule has 9 nitrogen and oxygen atoms in total. The number of hydrogen-bond donors (Lipinski definition) is 2. The SMILES string of the molecule is CC1(C)Cc2cccc(OCC(=O)NCc3nc(-c4cc[nH]c(=O)c4)no3)c2O1. The molecule has 2 aromatic heterocycles. The van der Waals surface area contributed by atoms with Crippen LogP contribution in [0.3, 0.4) is 0 Å². The number of fused-ring (bicyclic) bond motifs is 1.